The Labute approximate surface area is 138 Å². The van der Waals surface area contributed by atoms with Crippen molar-refractivity contribution in [3.05, 3.63) is 29.8 Å². The number of nitrogens with zero attached hydrogens (tertiary/aromatic N) is 2. The molecule has 2 fully saturated rings. The number of benzene rings is 1. The van der Waals surface area contributed by atoms with Gasteiger partial charge in [0.1, 0.15) is 0 Å². The molecule has 1 aromatic carbocycles. The highest BCUT2D eigenvalue weighted by atomic mass is 19.4. The first-order chi connectivity index (χ1) is 11.4. The van der Waals surface area contributed by atoms with Crippen molar-refractivity contribution < 1.29 is 22.8 Å². The number of amides is 2. The van der Waals surface area contributed by atoms with E-state index in [4.69, 9.17) is 0 Å². The normalized spacial score (nSPS) is 22.1. The summed E-state index contributed by atoms with van der Waals surface area (Å²) in [6.45, 7) is 1.35. The van der Waals surface area contributed by atoms with Gasteiger partial charge in [0.15, 0.2) is 0 Å². The van der Waals surface area contributed by atoms with Gasteiger partial charge in [-0.05, 0) is 31.4 Å². The van der Waals surface area contributed by atoms with Crippen molar-refractivity contribution in [3.8, 4) is 0 Å². The van der Waals surface area contributed by atoms with Crippen molar-refractivity contribution in [2.45, 2.75) is 31.9 Å². The van der Waals surface area contributed by atoms with Gasteiger partial charge >= 0.3 is 6.18 Å². The summed E-state index contributed by atoms with van der Waals surface area (Å²) >= 11 is 0. The molecular weight excluding hydrogens is 321 g/mol. The standard InChI is InChI=1S/C17H19F3N2O2/c18-17(19,20)13-6-2-3-7-14(13)22-11-12(10-15(22)23)16(24)21-8-4-1-5-9-21/h2-3,6-7,12H,1,4-5,8-11H2. The molecule has 1 atom stereocenters. The highest BCUT2D eigenvalue weighted by Gasteiger charge is 2.41. The molecule has 7 heteroatoms. The lowest BCUT2D eigenvalue weighted by Gasteiger charge is -2.29. The number of carbonyl (C=O) groups excluding carboxylic acids is 2. The average molecular weight is 340 g/mol. The maximum Gasteiger partial charge on any atom is 0.418 e. The van der Waals surface area contributed by atoms with E-state index in [9.17, 15) is 22.8 Å². The second-order valence-corrected chi connectivity index (χ2v) is 6.31. The van der Waals surface area contributed by atoms with Gasteiger partial charge in [-0.3, -0.25) is 9.59 Å². The summed E-state index contributed by atoms with van der Waals surface area (Å²) in [6, 6.07) is 5.01. The third-order valence-electron chi connectivity index (χ3n) is 4.64. The summed E-state index contributed by atoms with van der Waals surface area (Å²) in [5.74, 6) is -1.10. The van der Waals surface area contributed by atoms with Gasteiger partial charge in [0, 0.05) is 26.1 Å². The predicted molar refractivity (Wildman–Crippen MR) is 82.3 cm³/mol. The minimum atomic E-state index is -4.54. The number of anilines is 1. The van der Waals surface area contributed by atoms with Crippen LogP contribution in [0.4, 0.5) is 18.9 Å². The predicted octanol–water partition coefficient (Wildman–Crippen LogP) is 3.07. The van der Waals surface area contributed by atoms with Crippen LogP contribution in [0.2, 0.25) is 0 Å². The first kappa shape index (κ1) is 16.8. The number of hydrogen-bond acceptors (Lipinski definition) is 2. The van der Waals surface area contributed by atoms with Crippen LogP contribution in [0.3, 0.4) is 0 Å². The van der Waals surface area contributed by atoms with Gasteiger partial charge in [-0.15, -0.1) is 0 Å². The van der Waals surface area contributed by atoms with Crippen LogP contribution in [0.5, 0.6) is 0 Å². The van der Waals surface area contributed by atoms with E-state index in [2.05, 4.69) is 0 Å². The molecule has 130 valence electrons. The number of likely N-dealkylation sites (tertiary alicyclic amines) is 1. The fourth-order valence-electron chi connectivity index (χ4n) is 3.43. The van der Waals surface area contributed by atoms with Gasteiger partial charge in [-0.25, -0.2) is 0 Å². The van der Waals surface area contributed by atoms with E-state index in [0.29, 0.717) is 13.1 Å². The molecule has 0 saturated carbocycles. The van der Waals surface area contributed by atoms with E-state index in [-0.39, 0.29) is 24.6 Å². The Morgan fingerprint density at radius 2 is 1.75 bits per heavy atom. The molecule has 0 radical (unpaired) electrons. The summed E-state index contributed by atoms with van der Waals surface area (Å²) < 4.78 is 39.5. The lowest BCUT2D eigenvalue weighted by atomic mass is 10.0. The topological polar surface area (TPSA) is 40.6 Å². The van der Waals surface area contributed by atoms with E-state index >= 15 is 0 Å². The molecule has 0 aromatic heterocycles. The number of rotatable bonds is 2. The molecule has 1 aromatic rings. The van der Waals surface area contributed by atoms with Crippen molar-refractivity contribution in [2.75, 3.05) is 24.5 Å². The van der Waals surface area contributed by atoms with Gasteiger partial charge in [0.25, 0.3) is 0 Å². The molecule has 4 nitrogen and oxygen atoms in total. The molecule has 2 aliphatic heterocycles. The minimum absolute atomic E-state index is 0.0151. The molecule has 1 unspecified atom stereocenters. The Morgan fingerprint density at radius 1 is 1.08 bits per heavy atom. The Balaban J connectivity index is 1.80. The third kappa shape index (κ3) is 3.25. The molecule has 2 aliphatic rings. The third-order valence-corrected chi connectivity index (χ3v) is 4.64. The molecular formula is C17H19F3N2O2. The number of hydrogen-bond donors (Lipinski definition) is 0. The zero-order valence-electron chi connectivity index (χ0n) is 13.2. The van der Waals surface area contributed by atoms with E-state index in [1.54, 1.807) is 4.90 Å². The van der Waals surface area contributed by atoms with Crippen molar-refractivity contribution in [2.24, 2.45) is 5.92 Å². The number of alkyl halides is 3. The zero-order chi connectivity index (χ0) is 17.3. The highest BCUT2D eigenvalue weighted by molar-refractivity contribution is 6.00. The van der Waals surface area contributed by atoms with Gasteiger partial charge in [-0.1, -0.05) is 12.1 Å². The van der Waals surface area contributed by atoms with E-state index in [1.807, 2.05) is 0 Å². The van der Waals surface area contributed by atoms with Crippen molar-refractivity contribution in [1.29, 1.82) is 0 Å². The number of halogens is 3. The summed E-state index contributed by atoms with van der Waals surface area (Å²) in [6.07, 6.45) is -1.61. The molecule has 24 heavy (non-hydrogen) atoms. The molecule has 2 heterocycles. The van der Waals surface area contributed by atoms with Crippen LogP contribution in [-0.2, 0) is 15.8 Å². The highest BCUT2D eigenvalue weighted by Crippen LogP contribution is 2.38. The Kier molecular flexibility index (Phi) is 4.51. The monoisotopic (exact) mass is 340 g/mol. The Hall–Kier alpha value is -2.05. The lowest BCUT2D eigenvalue weighted by molar-refractivity contribution is -0.137. The lowest BCUT2D eigenvalue weighted by Crippen LogP contribution is -2.40. The quantitative estimate of drug-likeness (QED) is 0.830. The Bertz CT molecular complexity index is 639. The first-order valence-corrected chi connectivity index (χ1v) is 8.13. The smallest absolute Gasteiger partial charge is 0.342 e. The van der Waals surface area contributed by atoms with Crippen LogP contribution in [0.1, 0.15) is 31.2 Å². The molecule has 0 N–H and O–H groups in total. The zero-order valence-corrected chi connectivity index (χ0v) is 13.2. The summed E-state index contributed by atoms with van der Waals surface area (Å²) in [5, 5.41) is 0. The van der Waals surface area contributed by atoms with Gasteiger partial charge < -0.3 is 9.80 Å². The maximum atomic E-state index is 13.2. The van der Waals surface area contributed by atoms with E-state index in [1.165, 1.54) is 18.2 Å². The fourth-order valence-corrected chi connectivity index (χ4v) is 3.43. The van der Waals surface area contributed by atoms with E-state index in [0.717, 1.165) is 30.2 Å². The van der Waals surface area contributed by atoms with Crippen molar-refractivity contribution >= 4 is 17.5 Å². The second kappa shape index (κ2) is 6.45. The fraction of sp³-hybridized carbons (Fsp3) is 0.529. The van der Waals surface area contributed by atoms with Gasteiger partial charge in [0.05, 0.1) is 17.2 Å². The maximum absolute atomic E-state index is 13.2. The average Bonchev–Trinajstić information content (AvgIpc) is 2.96. The molecule has 3 rings (SSSR count). The van der Waals surface area contributed by atoms with Gasteiger partial charge in [-0.2, -0.15) is 13.2 Å². The summed E-state index contributed by atoms with van der Waals surface area (Å²) in [4.78, 5) is 27.6. The summed E-state index contributed by atoms with van der Waals surface area (Å²) in [7, 11) is 0. The molecule has 0 spiro atoms. The van der Waals surface area contributed by atoms with Crippen LogP contribution >= 0.6 is 0 Å². The van der Waals surface area contributed by atoms with Crippen LogP contribution in [0.15, 0.2) is 24.3 Å². The van der Waals surface area contributed by atoms with Crippen molar-refractivity contribution in [1.82, 2.24) is 4.90 Å². The second-order valence-electron chi connectivity index (χ2n) is 6.31. The number of para-hydroxylation sites is 1. The molecule has 2 amide bonds. The largest absolute Gasteiger partial charge is 0.418 e. The van der Waals surface area contributed by atoms with E-state index < -0.39 is 23.6 Å². The van der Waals surface area contributed by atoms with Crippen LogP contribution in [-0.4, -0.2) is 36.3 Å². The Morgan fingerprint density at radius 3 is 2.42 bits per heavy atom. The van der Waals surface area contributed by atoms with Crippen molar-refractivity contribution in [3.63, 3.8) is 0 Å². The molecule has 2 saturated heterocycles. The number of carbonyl (C=O) groups is 2. The van der Waals surface area contributed by atoms with Crippen LogP contribution in [0.25, 0.3) is 0 Å². The minimum Gasteiger partial charge on any atom is -0.342 e. The van der Waals surface area contributed by atoms with Crippen LogP contribution in [0, 0.1) is 5.92 Å². The molecule has 0 aliphatic carbocycles. The SMILES string of the molecule is O=C(C1CC(=O)N(c2ccccc2C(F)(F)F)C1)N1CCCCC1. The number of piperidine rings is 1. The van der Waals surface area contributed by atoms with Crippen LogP contribution < -0.4 is 4.90 Å². The first-order valence-electron chi connectivity index (χ1n) is 8.13. The summed E-state index contributed by atoms with van der Waals surface area (Å²) in [5.41, 5.74) is -1.01. The molecule has 0 bridgehead atoms. The van der Waals surface area contributed by atoms with Gasteiger partial charge in [0.2, 0.25) is 11.8 Å².